The number of carbonyl (C=O) groups excluding carboxylic acids is 1. The number of benzene rings is 2. The lowest BCUT2D eigenvalue weighted by atomic mass is 10.1. The maximum absolute atomic E-state index is 13.0. The summed E-state index contributed by atoms with van der Waals surface area (Å²) in [6.07, 6.45) is 3.34. The molecule has 0 aromatic heterocycles. The Morgan fingerprint density at radius 1 is 1.22 bits per heavy atom. The zero-order valence-electron chi connectivity index (χ0n) is 12.2. The molecule has 0 aliphatic heterocycles. The number of nitro groups is 1. The molecule has 0 spiro atoms. The third-order valence-corrected chi connectivity index (χ3v) is 3.11. The number of hydrogen-bond donors (Lipinski definition) is 1. The Labute approximate surface area is 132 Å². The van der Waals surface area contributed by atoms with Crippen molar-refractivity contribution in [1.29, 1.82) is 0 Å². The lowest BCUT2D eigenvalue weighted by molar-refractivity contribution is -0.384. The fraction of sp³-hybridized carbons (Fsp3) is 0.118. The summed E-state index contributed by atoms with van der Waals surface area (Å²) in [4.78, 5) is 21.9. The third-order valence-electron chi connectivity index (χ3n) is 3.11. The molecule has 0 saturated carbocycles. The van der Waals surface area contributed by atoms with Gasteiger partial charge in [0.1, 0.15) is 5.82 Å². The maximum atomic E-state index is 13.0. The number of rotatable bonds is 6. The van der Waals surface area contributed by atoms with Crippen LogP contribution in [0, 0.1) is 15.9 Å². The van der Waals surface area contributed by atoms with Crippen molar-refractivity contribution < 1.29 is 14.1 Å². The molecule has 0 saturated heterocycles. The summed E-state index contributed by atoms with van der Waals surface area (Å²) in [6.45, 7) is 0.377. The third kappa shape index (κ3) is 5.35. The first kappa shape index (κ1) is 16.4. The molecular formula is C17H15FN2O3. The van der Waals surface area contributed by atoms with Crippen LogP contribution in [0.1, 0.15) is 11.1 Å². The molecule has 0 heterocycles. The van der Waals surface area contributed by atoms with E-state index in [0.29, 0.717) is 18.5 Å². The Morgan fingerprint density at radius 3 is 2.74 bits per heavy atom. The number of nitrogens with one attached hydrogen (secondary N) is 1. The molecule has 0 unspecified atom stereocenters. The van der Waals surface area contributed by atoms with Crippen molar-refractivity contribution in [2.24, 2.45) is 0 Å². The van der Waals surface area contributed by atoms with Crippen LogP contribution in [0.5, 0.6) is 0 Å². The van der Waals surface area contributed by atoms with E-state index < -0.39 is 4.92 Å². The van der Waals surface area contributed by atoms with Gasteiger partial charge in [0.25, 0.3) is 5.69 Å². The van der Waals surface area contributed by atoms with Crippen molar-refractivity contribution in [3.63, 3.8) is 0 Å². The van der Waals surface area contributed by atoms with Gasteiger partial charge in [0.2, 0.25) is 5.91 Å². The highest BCUT2D eigenvalue weighted by Gasteiger charge is 2.04. The lowest BCUT2D eigenvalue weighted by Gasteiger charge is -2.03. The minimum absolute atomic E-state index is 0.0290. The highest BCUT2D eigenvalue weighted by molar-refractivity contribution is 5.91. The average molecular weight is 314 g/mol. The van der Waals surface area contributed by atoms with Crippen LogP contribution in [0.4, 0.5) is 10.1 Å². The standard InChI is InChI=1S/C17H15FN2O3/c18-15-5-1-3-14(11-15)9-10-19-17(21)8-7-13-4-2-6-16(12-13)20(22)23/h1-8,11-12H,9-10H2,(H,19,21)/b8-7+. The molecule has 118 valence electrons. The molecule has 6 heteroatoms. The molecule has 23 heavy (non-hydrogen) atoms. The molecule has 0 radical (unpaired) electrons. The number of hydrogen-bond acceptors (Lipinski definition) is 3. The fourth-order valence-electron chi connectivity index (χ4n) is 2.00. The van der Waals surface area contributed by atoms with Gasteiger partial charge in [-0.1, -0.05) is 24.3 Å². The number of nitro benzene ring substituents is 1. The van der Waals surface area contributed by atoms with Crippen LogP contribution in [0.15, 0.2) is 54.6 Å². The van der Waals surface area contributed by atoms with E-state index in [9.17, 15) is 19.3 Å². The number of amides is 1. The second-order valence-electron chi connectivity index (χ2n) is 4.86. The topological polar surface area (TPSA) is 72.2 Å². The highest BCUT2D eigenvalue weighted by Crippen LogP contribution is 2.14. The van der Waals surface area contributed by atoms with Crippen molar-refractivity contribution in [3.8, 4) is 0 Å². The quantitative estimate of drug-likeness (QED) is 0.506. The van der Waals surface area contributed by atoms with E-state index in [0.717, 1.165) is 5.56 Å². The van der Waals surface area contributed by atoms with Crippen molar-refractivity contribution in [2.75, 3.05) is 6.54 Å². The maximum Gasteiger partial charge on any atom is 0.270 e. The Balaban J connectivity index is 1.84. The molecule has 0 aliphatic rings. The summed E-state index contributed by atoms with van der Waals surface area (Å²) in [6, 6.07) is 12.2. The predicted molar refractivity (Wildman–Crippen MR) is 85.2 cm³/mol. The first-order chi connectivity index (χ1) is 11.0. The van der Waals surface area contributed by atoms with Crippen LogP contribution >= 0.6 is 0 Å². The summed E-state index contributed by atoms with van der Waals surface area (Å²) >= 11 is 0. The molecule has 0 aliphatic carbocycles. The van der Waals surface area contributed by atoms with Crippen LogP contribution in [0.3, 0.4) is 0 Å². The van der Waals surface area contributed by atoms with Gasteiger partial charge < -0.3 is 5.32 Å². The van der Waals surface area contributed by atoms with E-state index in [1.165, 1.54) is 36.4 Å². The zero-order valence-corrected chi connectivity index (χ0v) is 12.2. The van der Waals surface area contributed by atoms with Gasteiger partial charge in [-0.25, -0.2) is 4.39 Å². The van der Waals surface area contributed by atoms with Gasteiger partial charge in [0.05, 0.1) is 4.92 Å². The second-order valence-corrected chi connectivity index (χ2v) is 4.86. The fourth-order valence-corrected chi connectivity index (χ4v) is 2.00. The van der Waals surface area contributed by atoms with Crippen LogP contribution in [0.2, 0.25) is 0 Å². The van der Waals surface area contributed by atoms with Gasteiger partial charge in [-0.05, 0) is 35.8 Å². The normalized spacial score (nSPS) is 10.7. The van der Waals surface area contributed by atoms with Crippen molar-refractivity contribution in [3.05, 3.63) is 81.7 Å². The highest BCUT2D eigenvalue weighted by atomic mass is 19.1. The summed E-state index contributed by atoms with van der Waals surface area (Å²) in [5, 5.41) is 13.3. The van der Waals surface area contributed by atoms with Gasteiger partial charge in [-0.15, -0.1) is 0 Å². The molecule has 2 aromatic carbocycles. The van der Waals surface area contributed by atoms with Crippen molar-refractivity contribution >= 4 is 17.7 Å². The van der Waals surface area contributed by atoms with Crippen molar-refractivity contribution in [2.45, 2.75) is 6.42 Å². The number of nitrogens with zero attached hydrogens (tertiary/aromatic N) is 1. The van der Waals surface area contributed by atoms with Gasteiger partial charge in [0.15, 0.2) is 0 Å². The van der Waals surface area contributed by atoms with Gasteiger partial charge in [-0.2, -0.15) is 0 Å². The van der Waals surface area contributed by atoms with Crippen LogP contribution in [-0.4, -0.2) is 17.4 Å². The van der Waals surface area contributed by atoms with E-state index in [1.807, 2.05) is 0 Å². The average Bonchev–Trinajstić information content (AvgIpc) is 2.53. The number of carbonyl (C=O) groups is 1. The van der Waals surface area contributed by atoms with Crippen LogP contribution in [0.25, 0.3) is 6.08 Å². The Kier molecular flexibility index (Phi) is 5.57. The molecule has 2 aromatic rings. The van der Waals surface area contributed by atoms with Crippen molar-refractivity contribution in [1.82, 2.24) is 5.32 Å². The number of halogens is 1. The van der Waals surface area contributed by atoms with E-state index in [-0.39, 0.29) is 17.4 Å². The first-order valence-corrected chi connectivity index (χ1v) is 6.99. The number of non-ortho nitro benzene ring substituents is 1. The van der Waals surface area contributed by atoms with Crippen LogP contribution < -0.4 is 5.32 Å². The second kappa shape index (κ2) is 7.84. The molecule has 0 fully saturated rings. The van der Waals surface area contributed by atoms with Gasteiger partial charge >= 0.3 is 0 Å². The molecule has 0 atom stereocenters. The molecular weight excluding hydrogens is 299 g/mol. The van der Waals surface area contributed by atoms with Crippen LogP contribution in [-0.2, 0) is 11.2 Å². The van der Waals surface area contributed by atoms with E-state index >= 15 is 0 Å². The SMILES string of the molecule is O=C(/C=C/c1cccc([N+](=O)[O-])c1)NCCc1cccc(F)c1. The predicted octanol–water partition coefficient (Wildman–Crippen LogP) is 3.11. The molecule has 5 nitrogen and oxygen atoms in total. The largest absolute Gasteiger partial charge is 0.352 e. The van der Waals surface area contributed by atoms with Gasteiger partial charge in [0, 0.05) is 24.8 Å². The summed E-state index contributed by atoms with van der Waals surface area (Å²) in [5.74, 6) is -0.618. The Morgan fingerprint density at radius 2 is 2.00 bits per heavy atom. The summed E-state index contributed by atoms with van der Waals surface area (Å²) < 4.78 is 13.0. The summed E-state index contributed by atoms with van der Waals surface area (Å²) in [5.41, 5.74) is 1.34. The summed E-state index contributed by atoms with van der Waals surface area (Å²) in [7, 11) is 0. The minimum atomic E-state index is -0.490. The van der Waals surface area contributed by atoms with Gasteiger partial charge in [-0.3, -0.25) is 14.9 Å². The Hall–Kier alpha value is -3.02. The zero-order chi connectivity index (χ0) is 16.7. The molecule has 1 amide bonds. The smallest absolute Gasteiger partial charge is 0.270 e. The molecule has 0 bridgehead atoms. The van der Waals surface area contributed by atoms with E-state index in [2.05, 4.69) is 5.32 Å². The lowest BCUT2D eigenvalue weighted by Crippen LogP contribution is -2.23. The first-order valence-electron chi connectivity index (χ1n) is 6.99. The molecule has 2 rings (SSSR count). The minimum Gasteiger partial charge on any atom is -0.352 e. The molecule has 1 N–H and O–H groups in total. The van der Waals surface area contributed by atoms with E-state index in [1.54, 1.807) is 24.3 Å². The van der Waals surface area contributed by atoms with E-state index in [4.69, 9.17) is 0 Å². The Bertz CT molecular complexity index is 744. The monoisotopic (exact) mass is 314 g/mol.